The van der Waals surface area contributed by atoms with Crippen molar-refractivity contribution in [2.24, 2.45) is 0 Å². The van der Waals surface area contributed by atoms with Gasteiger partial charge in [-0.3, -0.25) is 14.2 Å². The molecule has 2 amide bonds. The molecule has 0 spiro atoms. The highest BCUT2D eigenvalue weighted by Crippen LogP contribution is 2.20. The van der Waals surface area contributed by atoms with Gasteiger partial charge >= 0.3 is 0 Å². The van der Waals surface area contributed by atoms with Crippen molar-refractivity contribution in [3.8, 4) is 5.82 Å². The first kappa shape index (κ1) is 17.3. The number of nitrogens with one attached hydrogen (secondary N) is 2. The number of carbonyl (C=O) groups excluding carboxylic acids is 2. The maximum atomic E-state index is 12.6. The van der Waals surface area contributed by atoms with Crippen LogP contribution in [0.25, 0.3) is 5.82 Å². The van der Waals surface area contributed by atoms with Crippen LogP contribution in [0.1, 0.15) is 33.2 Å². The van der Waals surface area contributed by atoms with Crippen molar-refractivity contribution in [3.05, 3.63) is 65.9 Å². The monoisotopic (exact) mass is 350 g/mol. The SMILES string of the molecule is CCNC(=O)c1cccc(NC(=O)c2ccnc(-n3cnnc3)c2)c1C. The Morgan fingerprint density at radius 3 is 2.62 bits per heavy atom. The van der Waals surface area contributed by atoms with Crippen molar-refractivity contribution in [1.82, 2.24) is 25.1 Å². The minimum absolute atomic E-state index is 0.167. The fraction of sp³-hybridized carbons (Fsp3) is 0.167. The van der Waals surface area contributed by atoms with Crippen molar-refractivity contribution in [2.75, 3.05) is 11.9 Å². The Kier molecular flexibility index (Phi) is 5.02. The molecule has 3 rings (SSSR count). The molecule has 0 bridgehead atoms. The standard InChI is InChI=1S/C18H18N6O2/c1-3-19-18(26)14-5-4-6-15(12(14)2)23-17(25)13-7-8-20-16(9-13)24-10-21-22-11-24/h4-11H,3H2,1-2H3,(H,19,26)(H,23,25). The summed E-state index contributed by atoms with van der Waals surface area (Å²) in [6.45, 7) is 4.20. The number of aromatic nitrogens is 4. The van der Waals surface area contributed by atoms with E-state index in [9.17, 15) is 9.59 Å². The molecule has 8 heteroatoms. The molecule has 0 radical (unpaired) electrons. The molecule has 0 aliphatic rings. The van der Waals surface area contributed by atoms with Crippen molar-refractivity contribution in [3.63, 3.8) is 0 Å². The van der Waals surface area contributed by atoms with Gasteiger partial charge in [0.1, 0.15) is 18.5 Å². The zero-order valence-corrected chi connectivity index (χ0v) is 14.4. The number of amides is 2. The molecule has 26 heavy (non-hydrogen) atoms. The minimum atomic E-state index is -0.294. The van der Waals surface area contributed by atoms with Crippen molar-refractivity contribution < 1.29 is 9.59 Å². The van der Waals surface area contributed by atoms with Crippen LogP contribution in [-0.4, -0.2) is 38.1 Å². The van der Waals surface area contributed by atoms with Gasteiger partial charge in [0, 0.05) is 29.6 Å². The Morgan fingerprint density at radius 1 is 1.12 bits per heavy atom. The van der Waals surface area contributed by atoms with Crippen LogP contribution < -0.4 is 10.6 Å². The van der Waals surface area contributed by atoms with E-state index in [1.165, 1.54) is 12.7 Å². The first-order valence-corrected chi connectivity index (χ1v) is 8.10. The molecule has 0 aliphatic heterocycles. The quantitative estimate of drug-likeness (QED) is 0.732. The molecule has 2 N–H and O–H groups in total. The van der Waals surface area contributed by atoms with E-state index in [0.29, 0.717) is 34.7 Å². The molecule has 0 saturated heterocycles. The van der Waals surface area contributed by atoms with Gasteiger partial charge in [-0.05, 0) is 43.7 Å². The van der Waals surface area contributed by atoms with Gasteiger partial charge in [0.25, 0.3) is 11.8 Å². The van der Waals surface area contributed by atoms with Crippen molar-refractivity contribution >= 4 is 17.5 Å². The average molecular weight is 350 g/mol. The van der Waals surface area contributed by atoms with Gasteiger partial charge in [-0.25, -0.2) is 4.98 Å². The maximum Gasteiger partial charge on any atom is 0.255 e. The highest BCUT2D eigenvalue weighted by molar-refractivity contribution is 6.06. The van der Waals surface area contributed by atoms with Gasteiger partial charge in [-0.2, -0.15) is 0 Å². The van der Waals surface area contributed by atoms with Gasteiger partial charge in [0.05, 0.1) is 0 Å². The summed E-state index contributed by atoms with van der Waals surface area (Å²) in [6, 6.07) is 8.49. The number of rotatable bonds is 5. The molecule has 1 aromatic carbocycles. The molecule has 0 atom stereocenters. The normalized spacial score (nSPS) is 10.4. The smallest absolute Gasteiger partial charge is 0.255 e. The van der Waals surface area contributed by atoms with Gasteiger partial charge < -0.3 is 10.6 Å². The molecule has 0 unspecified atom stereocenters. The third-order valence-corrected chi connectivity index (χ3v) is 3.85. The molecule has 3 aromatic rings. The Bertz CT molecular complexity index is 937. The van der Waals surface area contributed by atoms with Crippen LogP contribution in [0.4, 0.5) is 5.69 Å². The molecule has 0 saturated carbocycles. The molecule has 8 nitrogen and oxygen atoms in total. The topological polar surface area (TPSA) is 102 Å². The van der Waals surface area contributed by atoms with Crippen LogP contribution in [0, 0.1) is 6.92 Å². The summed E-state index contributed by atoms with van der Waals surface area (Å²) in [5, 5.41) is 13.1. The maximum absolute atomic E-state index is 12.6. The summed E-state index contributed by atoms with van der Waals surface area (Å²) in [7, 11) is 0. The first-order chi connectivity index (χ1) is 12.6. The number of nitrogens with zero attached hydrogens (tertiary/aromatic N) is 4. The molecular formula is C18H18N6O2. The second-order valence-corrected chi connectivity index (χ2v) is 5.56. The van der Waals surface area contributed by atoms with E-state index < -0.39 is 0 Å². The zero-order chi connectivity index (χ0) is 18.5. The number of hydrogen-bond donors (Lipinski definition) is 2. The van der Waals surface area contributed by atoms with Crippen LogP contribution in [0.3, 0.4) is 0 Å². The lowest BCUT2D eigenvalue weighted by Crippen LogP contribution is -2.24. The predicted octanol–water partition coefficient (Wildman–Crippen LogP) is 1.97. The lowest BCUT2D eigenvalue weighted by atomic mass is 10.1. The summed E-state index contributed by atoms with van der Waals surface area (Å²) in [5.74, 6) is 0.0771. The van der Waals surface area contributed by atoms with E-state index in [0.717, 1.165) is 0 Å². The summed E-state index contributed by atoms with van der Waals surface area (Å²) in [6.07, 6.45) is 4.55. The Hall–Kier alpha value is -3.55. The molecule has 0 fully saturated rings. The third-order valence-electron chi connectivity index (χ3n) is 3.85. The predicted molar refractivity (Wildman–Crippen MR) is 96.3 cm³/mol. The van der Waals surface area contributed by atoms with E-state index >= 15 is 0 Å². The number of anilines is 1. The lowest BCUT2D eigenvalue weighted by molar-refractivity contribution is 0.0953. The molecule has 132 valence electrons. The van der Waals surface area contributed by atoms with Gasteiger partial charge in [-0.15, -0.1) is 10.2 Å². The van der Waals surface area contributed by atoms with Crippen LogP contribution >= 0.6 is 0 Å². The summed E-state index contributed by atoms with van der Waals surface area (Å²) in [5.41, 5.74) is 2.26. The van der Waals surface area contributed by atoms with E-state index in [1.807, 2.05) is 6.92 Å². The lowest BCUT2D eigenvalue weighted by Gasteiger charge is -2.12. The van der Waals surface area contributed by atoms with Crippen LogP contribution in [0.15, 0.2) is 49.2 Å². The Morgan fingerprint density at radius 2 is 1.88 bits per heavy atom. The fourth-order valence-corrected chi connectivity index (χ4v) is 2.49. The average Bonchev–Trinajstić information content (AvgIpc) is 3.18. The number of pyridine rings is 1. The summed E-state index contributed by atoms with van der Waals surface area (Å²) >= 11 is 0. The Balaban J connectivity index is 1.84. The molecule has 0 aliphatic carbocycles. The Labute approximate surface area is 150 Å². The van der Waals surface area contributed by atoms with Crippen LogP contribution in [-0.2, 0) is 0 Å². The van der Waals surface area contributed by atoms with E-state index in [2.05, 4.69) is 25.8 Å². The summed E-state index contributed by atoms with van der Waals surface area (Å²) in [4.78, 5) is 28.9. The largest absolute Gasteiger partial charge is 0.352 e. The first-order valence-electron chi connectivity index (χ1n) is 8.10. The molecule has 2 aromatic heterocycles. The minimum Gasteiger partial charge on any atom is -0.352 e. The zero-order valence-electron chi connectivity index (χ0n) is 14.4. The van der Waals surface area contributed by atoms with Crippen LogP contribution in [0.2, 0.25) is 0 Å². The second kappa shape index (κ2) is 7.56. The highest BCUT2D eigenvalue weighted by Gasteiger charge is 2.14. The third kappa shape index (κ3) is 3.59. The molecular weight excluding hydrogens is 332 g/mol. The van der Waals surface area contributed by atoms with E-state index in [4.69, 9.17) is 0 Å². The fourth-order valence-electron chi connectivity index (χ4n) is 2.49. The number of carbonyl (C=O) groups is 2. The second-order valence-electron chi connectivity index (χ2n) is 5.56. The highest BCUT2D eigenvalue weighted by atomic mass is 16.2. The van der Waals surface area contributed by atoms with E-state index in [1.54, 1.807) is 48.0 Å². The van der Waals surface area contributed by atoms with Crippen LogP contribution in [0.5, 0.6) is 0 Å². The van der Waals surface area contributed by atoms with Gasteiger partial charge in [0.15, 0.2) is 0 Å². The van der Waals surface area contributed by atoms with Crippen molar-refractivity contribution in [2.45, 2.75) is 13.8 Å². The van der Waals surface area contributed by atoms with Crippen molar-refractivity contribution in [1.29, 1.82) is 0 Å². The molecule has 2 heterocycles. The number of benzene rings is 1. The van der Waals surface area contributed by atoms with E-state index in [-0.39, 0.29) is 11.8 Å². The van der Waals surface area contributed by atoms with Gasteiger partial charge in [0.2, 0.25) is 0 Å². The van der Waals surface area contributed by atoms with Gasteiger partial charge in [-0.1, -0.05) is 6.07 Å². The number of hydrogen-bond acceptors (Lipinski definition) is 5. The summed E-state index contributed by atoms with van der Waals surface area (Å²) < 4.78 is 1.61.